The molecule has 3 aromatic rings. The molecule has 3 rings (SSSR count). The minimum atomic E-state index is 0.359. The van der Waals surface area contributed by atoms with E-state index in [-0.39, 0.29) is 0 Å². The monoisotopic (exact) mass is 357 g/mol. The zero-order chi connectivity index (χ0) is 17.6. The molecule has 25 heavy (non-hydrogen) atoms. The van der Waals surface area contributed by atoms with Gasteiger partial charge in [0.25, 0.3) is 0 Å². The van der Waals surface area contributed by atoms with E-state index in [1.807, 2.05) is 30.3 Å². The lowest BCUT2D eigenvalue weighted by molar-refractivity contribution is 0.415. The van der Waals surface area contributed by atoms with Gasteiger partial charge in [0.15, 0.2) is 5.82 Å². The van der Waals surface area contributed by atoms with Gasteiger partial charge in [-0.05, 0) is 30.3 Å². The summed E-state index contributed by atoms with van der Waals surface area (Å²) in [5, 5.41) is 14.6. The molecule has 0 aliphatic heterocycles. The molecular formula is C17H16ClN5O2. The number of anilines is 4. The number of hydrogen-bond donors (Lipinski definition) is 2. The van der Waals surface area contributed by atoms with E-state index in [2.05, 4.69) is 25.8 Å². The summed E-state index contributed by atoms with van der Waals surface area (Å²) in [5.41, 5.74) is 1.56. The first-order chi connectivity index (χ1) is 12.2. The number of hydrogen-bond acceptors (Lipinski definition) is 7. The zero-order valence-electron chi connectivity index (χ0n) is 13.7. The largest absolute Gasteiger partial charge is 0.497 e. The second-order valence-corrected chi connectivity index (χ2v) is 5.40. The highest BCUT2D eigenvalue weighted by molar-refractivity contribution is 6.32. The molecule has 0 spiro atoms. The Labute approximate surface area is 150 Å². The summed E-state index contributed by atoms with van der Waals surface area (Å²) in [5.74, 6) is 2.23. The van der Waals surface area contributed by atoms with Crippen LogP contribution in [0, 0.1) is 0 Å². The number of nitrogens with one attached hydrogen (secondary N) is 2. The number of rotatable bonds is 6. The summed E-state index contributed by atoms with van der Waals surface area (Å²) in [7, 11) is 3.18. The van der Waals surface area contributed by atoms with Crippen molar-refractivity contribution >= 4 is 34.7 Å². The molecule has 0 atom stereocenters. The molecule has 8 heteroatoms. The minimum absolute atomic E-state index is 0.359. The highest BCUT2D eigenvalue weighted by Crippen LogP contribution is 2.28. The third kappa shape index (κ3) is 4.27. The van der Waals surface area contributed by atoms with Crippen molar-refractivity contribution in [3.63, 3.8) is 0 Å². The van der Waals surface area contributed by atoms with E-state index in [9.17, 15) is 0 Å². The average molecular weight is 358 g/mol. The van der Waals surface area contributed by atoms with Crippen LogP contribution in [0.4, 0.5) is 23.1 Å². The van der Waals surface area contributed by atoms with Crippen LogP contribution in [0.5, 0.6) is 11.5 Å². The molecule has 0 unspecified atom stereocenters. The Morgan fingerprint density at radius 2 is 1.80 bits per heavy atom. The van der Waals surface area contributed by atoms with E-state index < -0.39 is 0 Å². The third-order valence-corrected chi connectivity index (χ3v) is 3.60. The molecule has 0 bridgehead atoms. The van der Waals surface area contributed by atoms with Crippen LogP contribution < -0.4 is 20.1 Å². The second kappa shape index (κ2) is 7.67. The van der Waals surface area contributed by atoms with Gasteiger partial charge in [0.05, 0.1) is 25.4 Å². The van der Waals surface area contributed by atoms with Gasteiger partial charge in [0, 0.05) is 17.4 Å². The maximum absolute atomic E-state index is 6.13. The minimum Gasteiger partial charge on any atom is -0.497 e. The second-order valence-electron chi connectivity index (χ2n) is 5.00. The number of aromatic nitrogens is 3. The number of halogens is 1. The Kier molecular flexibility index (Phi) is 5.15. The molecule has 0 aliphatic rings. The van der Waals surface area contributed by atoms with Gasteiger partial charge in [0.1, 0.15) is 11.5 Å². The predicted octanol–water partition coefficient (Wildman–Crippen LogP) is 4.03. The van der Waals surface area contributed by atoms with Gasteiger partial charge in [-0.1, -0.05) is 17.7 Å². The Hall–Kier alpha value is -3.06. The van der Waals surface area contributed by atoms with Crippen LogP contribution in [-0.2, 0) is 0 Å². The van der Waals surface area contributed by atoms with Gasteiger partial charge in [-0.15, -0.1) is 5.10 Å². The molecule has 1 heterocycles. The lowest BCUT2D eigenvalue weighted by Gasteiger charge is -2.10. The summed E-state index contributed by atoms with van der Waals surface area (Å²) in [6, 6.07) is 12.8. The van der Waals surface area contributed by atoms with Crippen molar-refractivity contribution in [3.8, 4) is 11.5 Å². The third-order valence-electron chi connectivity index (χ3n) is 3.31. The number of benzene rings is 2. The number of ether oxygens (including phenoxy) is 2. The van der Waals surface area contributed by atoms with Gasteiger partial charge < -0.3 is 20.1 Å². The van der Waals surface area contributed by atoms with Crippen molar-refractivity contribution in [1.82, 2.24) is 15.2 Å². The van der Waals surface area contributed by atoms with Crippen molar-refractivity contribution < 1.29 is 9.47 Å². The van der Waals surface area contributed by atoms with E-state index in [0.717, 1.165) is 17.1 Å². The fourth-order valence-electron chi connectivity index (χ4n) is 2.14. The number of methoxy groups -OCH3 is 2. The molecule has 0 radical (unpaired) electrons. The number of nitrogens with zero attached hydrogens (tertiary/aromatic N) is 3. The Morgan fingerprint density at radius 1 is 0.960 bits per heavy atom. The quantitative estimate of drug-likeness (QED) is 0.689. The fourth-order valence-corrected chi connectivity index (χ4v) is 2.40. The maximum Gasteiger partial charge on any atom is 0.249 e. The fraction of sp³-hybridized carbons (Fsp3) is 0.118. The summed E-state index contributed by atoms with van der Waals surface area (Å²) >= 11 is 6.13. The Morgan fingerprint density at radius 3 is 2.56 bits per heavy atom. The van der Waals surface area contributed by atoms with Crippen LogP contribution in [0.25, 0.3) is 0 Å². The summed E-state index contributed by atoms with van der Waals surface area (Å²) in [4.78, 5) is 4.38. The van der Waals surface area contributed by atoms with Gasteiger partial charge in [-0.25, -0.2) is 0 Å². The van der Waals surface area contributed by atoms with Gasteiger partial charge in [0.2, 0.25) is 5.95 Å². The SMILES string of the molecule is COc1cccc(Nc2nncc(Nc3ccc(OC)c(Cl)c3)n2)c1. The molecule has 2 N–H and O–H groups in total. The molecule has 2 aromatic carbocycles. The standard InChI is InChI=1S/C17H16ClN5O2/c1-24-13-5-3-4-11(8-13)21-17-22-16(10-19-23-17)20-12-6-7-15(25-2)14(18)9-12/h3-10H,1-2H3,(H2,20,21,22,23). The molecule has 7 nitrogen and oxygen atoms in total. The van der Waals surface area contributed by atoms with Crippen molar-refractivity contribution in [2.45, 2.75) is 0 Å². The molecule has 0 saturated carbocycles. The van der Waals surface area contributed by atoms with Crippen LogP contribution >= 0.6 is 11.6 Å². The summed E-state index contributed by atoms with van der Waals surface area (Å²) < 4.78 is 10.3. The first-order valence-corrected chi connectivity index (χ1v) is 7.77. The van der Waals surface area contributed by atoms with Crippen molar-refractivity contribution in [2.75, 3.05) is 24.9 Å². The molecule has 0 fully saturated rings. The normalized spacial score (nSPS) is 10.2. The van der Waals surface area contributed by atoms with Crippen LogP contribution in [0.3, 0.4) is 0 Å². The Bertz CT molecular complexity index is 875. The van der Waals surface area contributed by atoms with E-state index in [1.165, 1.54) is 6.20 Å². The lowest BCUT2D eigenvalue weighted by atomic mass is 10.3. The first-order valence-electron chi connectivity index (χ1n) is 7.39. The summed E-state index contributed by atoms with van der Waals surface area (Å²) in [6.45, 7) is 0. The van der Waals surface area contributed by atoms with Crippen LogP contribution in [0.15, 0.2) is 48.7 Å². The molecule has 0 amide bonds. The lowest BCUT2D eigenvalue weighted by Crippen LogP contribution is -2.02. The highest BCUT2D eigenvalue weighted by Gasteiger charge is 2.05. The van der Waals surface area contributed by atoms with E-state index in [1.54, 1.807) is 26.4 Å². The average Bonchev–Trinajstić information content (AvgIpc) is 2.62. The van der Waals surface area contributed by atoms with Crippen LogP contribution in [0.2, 0.25) is 5.02 Å². The molecule has 0 aliphatic carbocycles. The highest BCUT2D eigenvalue weighted by atomic mass is 35.5. The zero-order valence-corrected chi connectivity index (χ0v) is 14.4. The molecular weight excluding hydrogens is 342 g/mol. The van der Waals surface area contributed by atoms with E-state index in [4.69, 9.17) is 21.1 Å². The molecule has 128 valence electrons. The molecule has 1 aromatic heterocycles. The summed E-state index contributed by atoms with van der Waals surface area (Å²) in [6.07, 6.45) is 1.52. The van der Waals surface area contributed by atoms with Gasteiger partial charge >= 0.3 is 0 Å². The van der Waals surface area contributed by atoms with Crippen molar-refractivity contribution in [2.24, 2.45) is 0 Å². The van der Waals surface area contributed by atoms with Gasteiger partial charge in [-0.3, -0.25) is 0 Å². The maximum atomic E-state index is 6.13. The van der Waals surface area contributed by atoms with Crippen molar-refractivity contribution in [1.29, 1.82) is 0 Å². The first kappa shape index (κ1) is 16.8. The van der Waals surface area contributed by atoms with Crippen LogP contribution in [-0.4, -0.2) is 29.4 Å². The predicted molar refractivity (Wildman–Crippen MR) is 97.4 cm³/mol. The van der Waals surface area contributed by atoms with E-state index >= 15 is 0 Å². The van der Waals surface area contributed by atoms with Crippen molar-refractivity contribution in [3.05, 3.63) is 53.7 Å². The van der Waals surface area contributed by atoms with Crippen LogP contribution in [0.1, 0.15) is 0 Å². The van der Waals surface area contributed by atoms with Gasteiger partial charge in [-0.2, -0.15) is 10.1 Å². The molecule has 0 saturated heterocycles. The smallest absolute Gasteiger partial charge is 0.249 e. The Balaban J connectivity index is 1.76. The van der Waals surface area contributed by atoms with E-state index in [0.29, 0.717) is 22.5 Å². The topological polar surface area (TPSA) is 81.2 Å².